The van der Waals surface area contributed by atoms with Crippen LogP contribution in [0.3, 0.4) is 0 Å². The summed E-state index contributed by atoms with van der Waals surface area (Å²) in [6.07, 6.45) is 2.42. The van der Waals surface area contributed by atoms with Crippen LogP contribution in [0.4, 0.5) is 11.6 Å². The van der Waals surface area contributed by atoms with Gasteiger partial charge in [-0.05, 0) is 49.1 Å². The van der Waals surface area contributed by atoms with E-state index in [0.29, 0.717) is 27.3 Å². The summed E-state index contributed by atoms with van der Waals surface area (Å²) >= 11 is 11.8. The molecular weight excluding hydrogens is 347 g/mol. The minimum Gasteiger partial charge on any atom is -0.355 e. The van der Waals surface area contributed by atoms with E-state index >= 15 is 0 Å². The molecule has 0 saturated carbocycles. The van der Waals surface area contributed by atoms with Crippen LogP contribution in [-0.2, 0) is 0 Å². The first-order valence-corrected chi connectivity index (χ1v) is 8.63. The highest BCUT2D eigenvalue weighted by atomic mass is 35.5. The van der Waals surface area contributed by atoms with Crippen LogP contribution >= 0.6 is 23.2 Å². The number of nitrogens with one attached hydrogen (secondary N) is 1. The maximum Gasteiger partial charge on any atom is 0.256 e. The Bertz CT molecular complexity index is 736. The number of hydrogen-bond donors (Lipinski definition) is 1. The largest absolute Gasteiger partial charge is 0.355 e. The number of nitrogens with zero attached hydrogens (tertiary/aromatic N) is 3. The van der Waals surface area contributed by atoms with E-state index in [1.807, 2.05) is 6.07 Å². The van der Waals surface area contributed by atoms with Gasteiger partial charge in [-0.15, -0.1) is 10.2 Å². The molecule has 3 rings (SSSR count). The topological polar surface area (TPSA) is 58.1 Å². The second-order valence-electron chi connectivity index (χ2n) is 6.05. The lowest BCUT2D eigenvalue weighted by Crippen LogP contribution is -2.34. The Hall–Kier alpha value is -1.85. The van der Waals surface area contributed by atoms with E-state index in [2.05, 4.69) is 27.3 Å². The highest BCUT2D eigenvalue weighted by molar-refractivity contribution is 6.42. The zero-order valence-corrected chi connectivity index (χ0v) is 14.8. The smallest absolute Gasteiger partial charge is 0.256 e. The molecule has 2 aromatic rings. The van der Waals surface area contributed by atoms with E-state index in [-0.39, 0.29) is 5.91 Å². The molecule has 7 heteroatoms. The van der Waals surface area contributed by atoms with Crippen LogP contribution in [0.25, 0.3) is 0 Å². The summed E-state index contributed by atoms with van der Waals surface area (Å²) < 4.78 is 0. The molecule has 1 aromatic carbocycles. The molecule has 1 aliphatic rings. The highest BCUT2D eigenvalue weighted by Gasteiger charge is 2.18. The number of carbonyl (C=O) groups excluding carboxylic acids is 1. The summed E-state index contributed by atoms with van der Waals surface area (Å²) in [5.74, 6) is 1.60. The van der Waals surface area contributed by atoms with Crippen LogP contribution in [0.5, 0.6) is 0 Å². The predicted octanol–water partition coefficient (Wildman–Crippen LogP) is 4.27. The molecule has 2 heterocycles. The third kappa shape index (κ3) is 3.97. The minimum atomic E-state index is -0.304. The van der Waals surface area contributed by atoms with Gasteiger partial charge in [-0.1, -0.05) is 30.1 Å². The normalized spacial score (nSPS) is 17.6. The van der Waals surface area contributed by atoms with Crippen molar-refractivity contribution in [2.24, 2.45) is 5.92 Å². The summed E-state index contributed by atoms with van der Waals surface area (Å²) in [5, 5.41) is 11.8. The fourth-order valence-electron chi connectivity index (χ4n) is 2.78. The molecule has 1 aliphatic heterocycles. The Morgan fingerprint density at radius 2 is 2.04 bits per heavy atom. The standard InChI is InChI=1S/C17H18Cl2N4O/c1-11-3-2-8-23(10-11)16-7-6-15(21-22-16)20-17(24)12-4-5-13(18)14(19)9-12/h4-7,9,11H,2-3,8,10H2,1H3,(H,20,21,24). The molecular formula is C17H18Cl2N4O. The third-order valence-electron chi connectivity index (χ3n) is 4.05. The molecule has 0 aliphatic carbocycles. The van der Waals surface area contributed by atoms with Crippen LogP contribution in [0.15, 0.2) is 30.3 Å². The van der Waals surface area contributed by atoms with Gasteiger partial charge in [-0.3, -0.25) is 4.79 Å². The lowest BCUT2D eigenvalue weighted by Gasteiger charge is -2.31. The third-order valence-corrected chi connectivity index (χ3v) is 4.79. The molecule has 0 spiro atoms. The Balaban J connectivity index is 1.67. The molecule has 126 valence electrons. The zero-order valence-electron chi connectivity index (χ0n) is 13.3. The maximum absolute atomic E-state index is 12.2. The lowest BCUT2D eigenvalue weighted by molar-refractivity contribution is 0.102. The van der Waals surface area contributed by atoms with Gasteiger partial charge in [0.05, 0.1) is 10.0 Å². The van der Waals surface area contributed by atoms with Crippen molar-refractivity contribution in [2.75, 3.05) is 23.3 Å². The van der Waals surface area contributed by atoms with Gasteiger partial charge < -0.3 is 10.2 Å². The van der Waals surface area contributed by atoms with E-state index in [0.717, 1.165) is 18.9 Å². The SMILES string of the molecule is CC1CCCN(c2ccc(NC(=O)c3ccc(Cl)c(Cl)c3)nn2)C1. The molecule has 5 nitrogen and oxygen atoms in total. The predicted molar refractivity (Wildman–Crippen MR) is 97.1 cm³/mol. The van der Waals surface area contributed by atoms with Crippen LogP contribution in [0.1, 0.15) is 30.1 Å². The monoisotopic (exact) mass is 364 g/mol. The molecule has 1 saturated heterocycles. The first-order valence-electron chi connectivity index (χ1n) is 7.88. The molecule has 1 amide bonds. The maximum atomic E-state index is 12.2. The minimum absolute atomic E-state index is 0.304. The van der Waals surface area contributed by atoms with Gasteiger partial charge in [0, 0.05) is 18.7 Å². The van der Waals surface area contributed by atoms with Crippen molar-refractivity contribution in [3.8, 4) is 0 Å². The quantitative estimate of drug-likeness (QED) is 0.883. The van der Waals surface area contributed by atoms with Gasteiger partial charge in [0.25, 0.3) is 5.91 Å². The van der Waals surface area contributed by atoms with E-state index in [4.69, 9.17) is 23.2 Å². The Morgan fingerprint density at radius 3 is 2.71 bits per heavy atom. The highest BCUT2D eigenvalue weighted by Crippen LogP contribution is 2.24. The second-order valence-corrected chi connectivity index (χ2v) is 6.87. The Morgan fingerprint density at radius 1 is 1.21 bits per heavy atom. The number of anilines is 2. The van der Waals surface area contributed by atoms with Crippen molar-refractivity contribution < 1.29 is 4.79 Å². The van der Waals surface area contributed by atoms with Crippen molar-refractivity contribution in [2.45, 2.75) is 19.8 Å². The molecule has 0 radical (unpaired) electrons. The molecule has 0 bridgehead atoms. The number of carbonyl (C=O) groups is 1. The molecule has 1 N–H and O–H groups in total. The van der Waals surface area contributed by atoms with Crippen LogP contribution in [-0.4, -0.2) is 29.2 Å². The summed E-state index contributed by atoms with van der Waals surface area (Å²) in [5.41, 5.74) is 0.417. The van der Waals surface area contributed by atoms with Crippen LogP contribution < -0.4 is 10.2 Å². The summed E-state index contributed by atoms with van der Waals surface area (Å²) in [7, 11) is 0. The molecule has 24 heavy (non-hydrogen) atoms. The van der Waals surface area contributed by atoms with Crippen LogP contribution in [0, 0.1) is 5.92 Å². The first-order chi connectivity index (χ1) is 11.5. The molecule has 1 fully saturated rings. The van der Waals surface area contributed by atoms with Crippen molar-refractivity contribution >= 4 is 40.7 Å². The van der Waals surface area contributed by atoms with E-state index in [1.54, 1.807) is 18.2 Å². The van der Waals surface area contributed by atoms with Crippen molar-refractivity contribution in [3.05, 3.63) is 45.9 Å². The van der Waals surface area contributed by atoms with Gasteiger partial charge in [0.2, 0.25) is 0 Å². The fourth-order valence-corrected chi connectivity index (χ4v) is 3.08. The Kier molecular flexibility index (Phi) is 5.21. The lowest BCUT2D eigenvalue weighted by atomic mass is 10.0. The number of piperidine rings is 1. The molecule has 1 atom stereocenters. The molecule has 1 unspecified atom stereocenters. The van der Waals surface area contributed by atoms with E-state index < -0.39 is 0 Å². The number of benzene rings is 1. The van der Waals surface area contributed by atoms with Gasteiger partial charge in [-0.2, -0.15) is 0 Å². The van der Waals surface area contributed by atoms with Crippen LogP contribution in [0.2, 0.25) is 10.0 Å². The average molecular weight is 365 g/mol. The average Bonchev–Trinajstić information content (AvgIpc) is 2.58. The zero-order chi connectivity index (χ0) is 17.1. The fraction of sp³-hybridized carbons (Fsp3) is 0.353. The number of aromatic nitrogens is 2. The first kappa shape index (κ1) is 17.0. The number of amides is 1. The van der Waals surface area contributed by atoms with Gasteiger partial charge in [0.15, 0.2) is 11.6 Å². The summed E-state index contributed by atoms with van der Waals surface area (Å²) in [6.45, 7) is 4.23. The van der Waals surface area contributed by atoms with Crippen molar-refractivity contribution in [1.82, 2.24) is 10.2 Å². The molecule has 1 aromatic heterocycles. The van der Waals surface area contributed by atoms with Gasteiger partial charge >= 0.3 is 0 Å². The Labute approximate surface area is 151 Å². The van der Waals surface area contributed by atoms with Crippen molar-refractivity contribution in [1.29, 1.82) is 0 Å². The summed E-state index contributed by atoms with van der Waals surface area (Å²) in [4.78, 5) is 14.4. The van der Waals surface area contributed by atoms with Gasteiger partial charge in [-0.25, -0.2) is 0 Å². The second kappa shape index (κ2) is 7.36. The van der Waals surface area contributed by atoms with E-state index in [9.17, 15) is 4.79 Å². The number of rotatable bonds is 3. The number of hydrogen-bond acceptors (Lipinski definition) is 4. The summed E-state index contributed by atoms with van der Waals surface area (Å²) in [6, 6.07) is 8.37. The number of halogens is 2. The van der Waals surface area contributed by atoms with E-state index in [1.165, 1.54) is 18.9 Å². The van der Waals surface area contributed by atoms with Crippen molar-refractivity contribution in [3.63, 3.8) is 0 Å². The van der Waals surface area contributed by atoms with Gasteiger partial charge in [0.1, 0.15) is 0 Å².